The van der Waals surface area contributed by atoms with Gasteiger partial charge in [-0.3, -0.25) is 9.59 Å². The van der Waals surface area contributed by atoms with Crippen molar-refractivity contribution in [2.24, 2.45) is 0 Å². The number of likely N-dealkylation sites (N-methyl/N-ethyl adjacent to an activating group) is 1. The Morgan fingerprint density at radius 2 is 1.75 bits per heavy atom. The topological polar surface area (TPSA) is 79.5 Å². The van der Waals surface area contributed by atoms with E-state index in [0.717, 1.165) is 37.1 Å². The lowest BCUT2D eigenvalue weighted by molar-refractivity contribution is 0.0723. The molecule has 32 heavy (non-hydrogen) atoms. The van der Waals surface area contributed by atoms with Crippen molar-refractivity contribution in [3.8, 4) is 11.5 Å². The molecule has 1 aromatic heterocycles. The third kappa shape index (κ3) is 4.88. The predicted octanol–water partition coefficient (Wildman–Crippen LogP) is 3.99. The molecular formula is C25H28N4O3. The number of piperidine rings is 1. The van der Waals surface area contributed by atoms with Gasteiger partial charge in [-0.15, -0.1) is 0 Å². The minimum Gasteiger partial charge on any atom is -0.341 e. The largest absolute Gasteiger partial charge is 0.341 e. The van der Waals surface area contributed by atoms with Crippen LogP contribution in [0, 0.1) is 6.92 Å². The van der Waals surface area contributed by atoms with Crippen LogP contribution in [0.1, 0.15) is 51.4 Å². The predicted molar refractivity (Wildman–Crippen MR) is 121 cm³/mol. The summed E-state index contributed by atoms with van der Waals surface area (Å²) < 4.78 is 5.40. The summed E-state index contributed by atoms with van der Waals surface area (Å²) in [4.78, 5) is 33.3. The van der Waals surface area contributed by atoms with Crippen molar-refractivity contribution in [1.29, 1.82) is 0 Å². The number of likely N-dealkylation sites (tertiary alicyclic amines) is 1. The first kappa shape index (κ1) is 21.7. The maximum Gasteiger partial charge on any atom is 0.257 e. The number of nitrogens with zero attached hydrogens (tertiary/aromatic N) is 4. The number of aromatic nitrogens is 2. The molecule has 2 aromatic carbocycles. The first-order valence-corrected chi connectivity index (χ1v) is 11.1. The van der Waals surface area contributed by atoms with Gasteiger partial charge in [-0.05, 0) is 62.1 Å². The first-order valence-electron chi connectivity index (χ1n) is 11.1. The van der Waals surface area contributed by atoms with Crippen molar-refractivity contribution < 1.29 is 14.1 Å². The lowest BCUT2D eigenvalue weighted by Gasteiger charge is -2.26. The average Bonchev–Trinajstić information content (AvgIpc) is 3.32. The molecule has 7 nitrogen and oxygen atoms in total. The van der Waals surface area contributed by atoms with Crippen LogP contribution in [0.15, 0.2) is 53.1 Å². The summed E-state index contributed by atoms with van der Waals surface area (Å²) in [7, 11) is 1.77. The highest BCUT2D eigenvalue weighted by molar-refractivity contribution is 5.95. The van der Waals surface area contributed by atoms with Crippen LogP contribution in [0.2, 0.25) is 0 Å². The standard InChI is InChI=1S/C25H28N4O3/c1-18-8-4-5-9-21(18)25(31)28(2)17-14-22-26-23(32-27-22)19-10-12-20(13-11-19)24(30)29-15-6-3-7-16-29/h4-5,8-13H,3,6-7,14-17H2,1-2H3. The first-order chi connectivity index (χ1) is 15.5. The number of carbonyl (C=O) groups excluding carboxylic acids is 2. The Hall–Kier alpha value is -3.48. The number of rotatable bonds is 6. The van der Waals surface area contributed by atoms with Gasteiger partial charge in [0, 0.05) is 49.8 Å². The number of benzene rings is 2. The Bertz CT molecular complexity index is 1080. The summed E-state index contributed by atoms with van der Waals surface area (Å²) in [5, 5.41) is 4.05. The van der Waals surface area contributed by atoms with E-state index >= 15 is 0 Å². The molecule has 1 aliphatic rings. The van der Waals surface area contributed by atoms with Gasteiger partial charge in [0.2, 0.25) is 0 Å². The van der Waals surface area contributed by atoms with Crippen LogP contribution in [-0.2, 0) is 6.42 Å². The zero-order valence-electron chi connectivity index (χ0n) is 18.6. The highest BCUT2D eigenvalue weighted by atomic mass is 16.5. The van der Waals surface area contributed by atoms with E-state index in [-0.39, 0.29) is 11.8 Å². The maximum atomic E-state index is 12.6. The number of amides is 2. The van der Waals surface area contributed by atoms with Gasteiger partial charge >= 0.3 is 0 Å². The summed E-state index contributed by atoms with van der Waals surface area (Å²) in [5.41, 5.74) is 3.09. The lowest BCUT2D eigenvalue weighted by atomic mass is 10.1. The normalized spacial score (nSPS) is 13.8. The van der Waals surface area contributed by atoms with E-state index in [1.807, 2.05) is 60.4 Å². The SMILES string of the molecule is Cc1ccccc1C(=O)N(C)CCc1noc(-c2ccc(C(=O)N3CCCCC3)cc2)n1. The van der Waals surface area contributed by atoms with Crippen LogP contribution in [0.25, 0.3) is 11.5 Å². The third-order valence-corrected chi connectivity index (χ3v) is 5.88. The molecule has 166 valence electrons. The summed E-state index contributed by atoms with van der Waals surface area (Å²) >= 11 is 0. The summed E-state index contributed by atoms with van der Waals surface area (Å²) in [5.74, 6) is 0.993. The van der Waals surface area contributed by atoms with Crippen LogP contribution < -0.4 is 0 Å². The summed E-state index contributed by atoms with van der Waals surface area (Å²) in [6.07, 6.45) is 3.82. The molecule has 0 saturated carbocycles. The van der Waals surface area contributed by atoms with Crippen LogP contribution in [0.3, 0.4) is 0 Å². The highest BCUT2D eigenvalue weighted by Gasteiger charge is 2.19. The molecule has 0 atom stereocenters. The van der Waals surface area contributed by atoms with E-state index in [9.17, 15) is 9.59 Å². The Balaban J connectivity index is 1.35. The van der Waals surface area contributed by atoms with E-state index < -0.39 is 0 Å². The van der Waals surface area contributed by atoms with E-state index in [1.165, 1.54) is 6.42 Å². The average molecular weight is 433 g/mol. The van der Waals surface area contributed by atoms with Crippen LogP contribution in [-0.4, -0.2) is 58.4 Å². The van der Waals surface area contributed by atoms with Gasteiger partial charge in [0.15, 0.2) is 5.82 Å². The van der Waals surface area contributed by atoms with Gasteiger partial charge in [-0.2, -0.15) is 4.98 Å². The quantitative estimate of drug-likeness (QED) is 0.589. The van der Waals surface area contributed by atoms with Gasteiger partial charge in [0.1, 0.15) is 0 Å². The zero-order chi connectivity index (χ0) is 22.5. The Morgan fingerprint density at radius 3 is 2.47 bits per heavy atom. The van der Waals surface area contributed by atoms with Crippen molar-refractivity contribution in [3.63, 3.8) is 0 Å². The number of hydrogen-bond donors (Lipinski definition) is 0. The second-order valence-electron chi connectivity index (χ2n) is 8.24. The lowest BCUT2D eigenvalue weighted by Crippen LogP contribution is -2.35. The second-order valence-corrected chi connectivity index (χ2v) is 8.24. The molecule has 7 heteroatoms. The van der Waals surface area contributed by atoms with Gasteiger partial charge in [0.25, 0.3) is 17.7 Å². The number of hydrogen-bond acceptors (Lipinski definition) is 5. The van der Waals surface area contributed by atoms with Gasteiger partial charge < -0.3 is 14.3 Å². The van der Waals surface area contributed by atoms with E-state index in [1.54, 1.807) is 11.9 Å². The minimum atomic E-state index is -0.0271. The second kappa shape index (κ2) is 9.77. The molecule has 0 unspecified atom stereocenters. The molecule has 0 bridgehead atoms. The van der Waals surface area contributed by atoms with Crippen molar-refractivity contribution in [3.05, 3.63) is 71.0 Å². The molecule has 2 heterocycles. The van der Waals surface area contributed by atoms with Gasteiger partial charge in [0.05, 0.1) is 0 Å². The fraction of sp³-hybridized carbons (Fsp3) is 0.360. The molecular weight excluding hydrogens is 404 g/mol. The monoisotopic (exact) mass is 432 g/mol. The van der Waals surface area contributed by atoms with Crippen LogP contribution in [0.5, 0.6) is 0 Å². The molecule has 0 radical (unpaired) electrons. The summed E-state index contributed by atoms with van der Waals surface area (Å²) in [6, 6.07) is 14.8. The summed E-state index contributed by atoms with van der Waals surface area (Å²) in [6.45, 7) is 4.07. The maximum absolute atomic E-state index is 12.6. The molecule has 1 aliphatic heterocycles. The Labute approximate surface area is 188 Å². The van der Waals surface area contributed by atoms with Crippen molar-refractivity contribution >= 4 is 11.8 Å². The van der Waals surface area contributed by atoms with Crippen molar-refractivity contribution in [2.45, 2.75) is 32.6 Å². The Morgan fingerprint density at radius 1 is 1.03 bits per heavy atom. The van der Waals surface area contributed by atoms with E-state index in [4.69, 9.17) is 4.52 Å². The molecule has 2 amide bonds. The highest BCUT2D eigenvalue weighted by Crippen LogP contribution is 2.20. The fourth-order valence-electron chi connectivity index (χ4n) is 3.90. The molecule has 1 fully saturated rings. The van der Waals surface area contributed by atoms with Gasteiger partial charge in [-0.25, -0.2) is 0 Å². The van der Waals surface area contributed by atoms with E-state index in [2.05, 4.69) is 10.1 Å². The molecule has 3 aromatic rings. The van der Waals surface area contributed by atoms with Crippen LogP contribution in [0.4, 0.5) is 0 Å². The van der Waals surface area contributed by atoms with Gasteiger partial charge in [-0.1, -0.05) is 23.4 Å². The third-order valence-electron chi connectivity index (χ3n) is 5.88. The van der Waals surface area contributed by atoms with Crippen LogP contribution >= 0.6 is 0 Å². The number of carbonyl (C=O) groups is 2. The minimum absolute atomic E-state index is 0.0271. The van der Waals surface area contributed by atoms with E-state index in [0.29, 0.717) is 35.8 Å². The molecule has 4 rings (SSSR count). The van der Waals surface area contributed by atoms with Crippen molar-refractivity contribution in [1.82, 2.24) is 19.9 Å². The molecule has 1 saturated heterocycles. The molecule has 0 spiro atoms. The Kier molecular flexibility index (Phi) is 6.63. The zero-order valence-corrected chi connectivity index (χ0v) is 18.6. The smallest absolute Gasteiger partial charge is 0.257 e. The fourth-order valence-corrected chi connectivity index (χ4v) is 3.90. The van der Waals surface area contributed by atoms with Crippen molar-refractivity contribution in [2.75, 3.05) is 26.7 Å². The molecule has 0 aliphatic carbocycles. The molecule has 0 N–H and O–H groups in total. The number of aryl methyl sites for hydroxylation is 1.